The Labute approximate surface area is 218 Å². The summed E-state index contributed by atoms with van der Waals surface area (Å²) in [7, 11) is 0. The second-order valence-electron chi connectivity index (χ2n) is 9.61. The Morgan fingerprint density at radius 3 is 2.00 bits per heavy atom. The fourth-order valence-electron chi connectivity index (χ4n) is 5.59. The lowest BCUT2D eigenvalue weighted by Gasteiger charge is -2.10. The quantitative estimate of drug-likeness (QED) is 0.221. The maximum absolute atomic E-state index is 4.99. The van der Waals surface area contributed by atoms with Gasteiger partial charge < -0.3 is 0 Å². The molecule has 172 valence electrons. The van der Waals surface area contributed by atoms with Crippen molar-refractivity contribution in [3.05, 3.63) is 127 Å². The lowest BCUT2D eigenvalue weighted by Crippen LogP contribution is -1.83. The maximum atomic E-state index is 4.99. The van der Waals surface area contributed by atoms with Crippen LogP contribution in [0.5, 0.6) is 0 Å². The summed E-state index contributed by atoms with van der Waals surface area (Å²) < 4.78 is 1.32. The Bertz CT molecular complexity index is 2150. The molecule has 0 saturated heterocycles. The van der Waals surface area contributed by atoms with Crippen molar-refractivity contribution in [3.8, 4) is 21.7 Å². The van der Waals surface area contributed by atoms with Crippen LogP contribution in [0.1, 0.15) is 0 Å². The molecule has 37 heavy (non-hydrogen) atoms. The average Bonchev–Trinajstić information content (AvgIpc) is 3.43. The predicted molar refractivity (Wildman–Crippen MR) is 161 cm³/mol. The van der Waals surface area contributed by atoms with Crippen LogP contribution in [-0.4, -0.2) is 4.98 Å². The van der Waals surface area contributed by atoms with Crippen LogP contribution in [0.25, 0.3) is 75.0 Å². The lowest BCUT2D eigenvalue weighted by molar-refractivity contribution is 1.42. The molecule has 2 aromatic heterocycles. The third kappa shape index (κ3) is 3.27. The number of hydrogen-bond donors (Lipinski definition) is 0. The van der Waals surface area contributed by atoms with E-state index in [1.807, 2.05) is 11.3 Å². The number of nitrogens with zero attached hydrogens (tertiary/aromatic N) is 1. The van der Waals surface area contributed by atoms with E-state index in [4.69, 9.17) is 4.98 Å². The van der Waals surface area contributed by atoms with Gasteiger partial charge in [-0.25, -0.2) is 4.98 Å². The highest BCUT2D eigenvalue weighted by Crippen LogP contribution is 2.43. The minimum absolute atomic E-state index is 1.03. The number of para-hydroxylation sites is 1. The molecule has 0 radical (unpaired) electrons. The highest BCUT2D eigenvalue weighted by Gasteiger charge is 2.15. The van der Waals surface area contributed by atoms with E-state index in [1.165, 1.54) is 63.8 Å². The van der Waals surface area contributed by atoms with Crippen LogP contribution >= 0.6 is 11.3 Å². The number of aromatic nitrogens is 1. The van der Waals surface area contributed by atoms with Gasteiger partial charge in [-0.15, -0.1) is 11.3 Å². The Balaban J connectivity index is 1.37. The summed E-state index contributed by atoms with van der Waals surface area (Å²) in [6.45, 7) is 0. The summed E-state index contributed by atoms with van der Waals surface area (Å²) in [6, 6.07) is 46.0. The van der Waals surface area contributed by atoms with Crippen LogP contribution in [-0.2, 0) is 0 Å². The molecule has 2 heteroatoms. The zero-order valence-corrected chi connectivity index (χ0v) is 20.8. The molecule has 0 saturated carbocycles. The van der Waals surface area contributed by atoms with Crippen molar-refractivity contribution in [2.24, 2.45) is 0 Å². The van der Waals surface area contributed by atoms with Crippen LogP contribution in [0.3, 0.4) is 0 Å². The molecule has 0 fully saturated rings. The van der Waals surface area contributed by atoms with Crippen molar-refractivity contribution < 1.29 is 0 Å². The summed E-state index contributed by atoms with van der Waals surface area (Å²) in [4.78, 5) is 6.20. The molecule has 0 bridgehead atoms. The van der Waals surface area contributed by atoms with Gasteiger partial charge in [0.1, 0.15) is 0 Å². The first-order chi connectivity index (χ1) is 18.3. The largest absolute Gasteiger partial charge is 0.247 e. The molecular weight excluding hydrogens is 466 g/mol. The van der Waals surface area contributed by atoms with Crippen molar-refractivity contribution in [1.29, 1.82) is 0 Å². The van der Waals surface area contributed by atoms with E-state index in [0.717, 1.165) is 11.2 Å². The summed E-state index contributed by atoms with van der Waals surface area (Å²) in [6.07, 6.45) is 0. The van der Waals surface area contributed by atoms with E-state index >= 15 is 0 Å². The van der Waals surface area contributed by atoms with Crippen LogP contribution in [0.15, 0.2) is 127 Å². The molecule has 1 nitrogen and oxygen atoms in total. The first-order valence-corrected chi connectivity index (χ1v) is 13.4. The smallest absolute Gasteiger partial charge is 0.0809 e. The number of hydrogen-bond acceptors (Lipinski definition) is 2. The molecule has 2 heterocycles. The molecule has 0 amide bonds. The van der Waals surface area contributed by atoms with Gasteiger partial charge in [0.15, 0.2) is 0 Å². The lowest BCUT2D eigenvalue weighted by atomic mass is 9.94. The number of pyridine rings is 1. The third-order valence-corrected chi connectivity index (χ3v) is 8.63. The number of rotatable bonds is 2. The first kappa shape index (κ1) is 20.6. The van der Waals surface area contributed by atoms with Gasteiger partial charge in [-0.05, 0) is 68.4 Å². The molecule has 0 N–H and O–H groups in total. The third-order valence-electron chi connectivity index (χ3n) is 7.44. The van der Waals surface area contributed by atoms with Gasteiger partial charge in [0, 0.05) is 20.9 Å². The molecule has 0 unspecified atom stereocenters. The molecule has 8 rings (SSSR count). The Morgan fingerprint density at radius 1 is 0.432 bits per heavy atom. The van der Waals surface area contributed by atoms with Crippen molar-refractivity contribution in [3.63, 3.8) is 0 Å². The van der Waals surface area contributed by atoms with E-state index in [-0.39, 0.29) is 0 Å². The van der Waals surface area contributed by atoms with Gasteiger partial charge in [-0.3, -0.25) is 0 Å². The van der Waals surface area contributed by atoms with Crippen LogP contribution in [0.4, 0.5) is 0 Å². The fraction of sp³-hybridized carbons (Fsp3) is 0. The summed E-state index contributed by atoms with van der Waals surface area (Å²) in [5.74, 6) is 0. The molecule has 6 aromatic carbocycles. The second-order valence-corrected chi connectivity index (χ2v) is 10.7. The van der Waals surface area contributed by atoms with Crippen molar-refractivity contribution in [2.75, 3.05) is 0 Å². The molecule has 0 atom stereocenters. The van der Waals surface area contributed by atoms with E-state index in [1.54, 1.807) is 0 Å². The maximum Gasteiger partial charge on any atom is 0.0809 e. The molecule has 0 aliphatic heterocycles. The standard InChI is InChI=1S/C35H21NS/c1-2-9-24-19-25(14-13-22(24)7-1)26-15-17-29-30(20-26)27-10-4-5-11-28(27)31-21-34(37-35(29)31)33-18-16-23-8-3-6-12-32(23)36-33/h1-21H. The highest BCUT2D eigenvalue weighted by molar-refractivity contribution is 7.23. The van der Waals surface area contributed by atoms with Gasteiger partial charge in [-0.2, -0.15) is 0 Å². The second kappa shape index (κ2) is 7.99. The van der Waals surface area contributed by atoms with Crippen LogP contribution in [0.2, 0.25) is 0 Å². The highest BCUT2D eigenvalue weighted by atomic mass is 32.1. The predicted octanol–water partition coefficient (Wildman–Crippen LogP) is 10.2. The summed E-state index contributed by atoms with van der Waals surface area (Å²) in [5, 5.41) is 10.2. The van der Waals surface area contributed by atoms with Crippen molar-refractivity contribution in [1.82, 2.24) is 4.98 Å². The Kier molecular flexibility index (Phi) is 4.46. The number of fused-ring (bicyclic) bond motifs is 8. The summed E-state index contributed by atoms with van der Waals surface area (Å²) >= 11 is 1.84. The molecule has 8 aromatic rings. The van der Waals surface area contributed by atoms with E-state index in [0.29, 0.717) is 0 Å². The van der Waals surface area contributed by atoms with Crippen molar-refractivity contribution in [2.45, 2.75) is 0 Å². The van der Waals surface area contributed by atoms with Gasteiger partial charge in [-0.1, -0.05) is 97.1 Å². The number of thiophene rings is 1. The van der Waals surface area contributed by atoms with E-state index in [2.05, 4.69) is 127 Å². The molecule has 0 aliphatic carbocycles. The monoisotopic (exact) mass is 487 g/mol. The normalized spacial score (nSPS) is 11.8. The van der Waals surface area contributed by atoms with Gasteiger partial charge in [0.25, 0.3) is 0 Å². The molecule has 0 spiro atoms. The fourth-order valence-corrected chi connectivity index (χ4v) is 6.77. The van der Waals surface area contributed by atoms with Gasteiger partial charge >= 0.3 is 0 Å². The Hall–Kier alpha value is -4.53. The first-order valence-electron chi connectivity index (χ1n) is 12.6. The van der Waals surface area contributed by atoms with Crippen molar-refractivity contribution >= 4 is 64.6 Å². The topological polar surface area (TPSA) is 12.9 Å². The van der Waals surface area contributed by atoms with E-state index in [9.17, 15) is 0 Å². The van der Waals surface area contributed by atoms with Crippen LogP contribution in [0, 0.1) is 0 Å². The van der Waals surface area contributed by atoms with E-state index < -0.39 is 0 Å². The molecule has 0 aliphatic rings. The van der Waals surface area contributed by atoms with Gasteiger partial charge in [0.2, 0.25) is 0 Å². The molecular formula is C35H21NS. The Morgan fingerprint density at radius 2 is 1.11 bits per heavy atom. The number of benzene rings is 6. The minimum Gasteiger partial charge on any atom is -0.247 e. The van der Waals surface area contributed by atoms with Crippen LogP contribution < -0.4 is 0 Å². The summed E-state index contributed by atoms with van der Waals surface area (Å²) in [5.41, 5.74) is 4.56. The zero-order chi connectivity index (χ0) is 24.3. The zero-order valence-electron chi connectivity index (χ0n) is 20.0. The average molecular weight is 488 g/mol. The SMILES string of the molecule is c1ccc2cc(-c3ccc4c(c3)c3ccccc3c3cc(-c5ccc6ccccc6n5)sc43)ccc2c1. The minimum atomic E-state index is 1.03. The van der Waals surface area contributed by atoms with Gasteiger partial charge in [0.05, 0.1) is 16.1 Å².